The molecule has 3 aromatic rings. The first kappa shape index (κ1) is 31.2. The molecule has 2 heterocycles. The van der Waals surface area contributed by atoms with E-state index in [9.17, 15) is 18.0 Å². The highest BCUT2D eigenvalue weighted by Gasteiger charge is 2.45. The van der Waals surface area contributed by atoms with Gasteiger partial charge in [0, 0.05) is 39.1 Å². The summed E-state index contributed by atoms with van der Waals surface area (Å²) in [6.45, 7) is 7.93. The monoisotopic (exact) mass is 591 g/mol. The first-order valence-corrected chi connectivity index (χ1v) is 16.2. The van der Waals surface area contributed by atoms with Crippen LogP contribution in [0.1, 0.15) is 43.9 Å². The molecule has 0 atom stereocenters. The van der Waals surface area contributed by atoms with Crippen molar-refractivity contribution in [3.63, 3.8) is 0 Å². The Morgan fingerprint density at radius 3 is 2.38 bits per heavy atom. The number of sulfonamides is 1. The van der Waals surface area contributed by atoms with Gasteiger partial charge in [-0.15, -0.1) is 0 Å². The summed E-state index contributed by atoms with van der Waals surface area (Å²) in [5, 5.41) is 0. The van der Waals surface area contributed by atoms with Gasteiger partial charge in [-0.3, -0.25) is 24.2 Å². The first-order chi connectivity index (χ1) is 19.9. The van der Waals surface area contributed by atoms with Crippen molar-refractivity contribution in [3.8, 4) is 0 Å². The number of nitrogens with one attached hydrogen (secondary N) is 1. The molecule has 2 aromatic carbocycles. The molecule has 1 aliphatic rings. The lowest BCUT2D eigenvalue weighted by Crippen LogP contribution is -2.47. The summed E-state index contributed by atoms with van der Waals surface area (Å²) < 4.78 is 26.6. The van der Waals surface area contributed by atoms with Crippen molar-refractivity contribution in [3.05, 3.63) is 83.7 Å². The lowest BCUT2D eigenvalue weighted by atomic mass is 9.90. The van der Waals surface area contributed by atoms with Crippen molar-refractivity contribution >= 4 is 38.9 Å². The van der Waals surface area contributed by atoms with Gasteiger partial charge in [0.05, 0.1) is 23.3 Å². The number of nitrogens with zero attached hydrogens (tertiary/aromatic N) is 4. The van der Waals surface area contributed by atoms with Gasteiger partial charge in [-0.05, 0) is 87.5 Å². The maximum atomic E-state index is 13.2. The van der Waals surface area contributed by atoms with E-state index < -0.39 is 15.4 Å². The lowest BCUT2D eigenvalue weighted by Gasteiger charge is -2.27. The predicted molar refractivity (Wildman–Crippen MR) is 168 cm³/mol. The second-order valence-corrected chi connectivity index (χ2v) is 13.1. The molecule has 1 N–H and O–H groups in total. The maximum Gasteiger partial charge on any atom is 0.242 e. The molecule has 0 saturated heterocycles. The molecule has 10 heteroatoms. The Kier molecular flexibility index (Phi) is 9.68. The van der Waals surface area contributed by atoms with Crippen molar-refractivity contribution < 1.29 is 18.0 Å². The van der Waals surface area contributed by atoms with Crippen LogP contribution in [0.25, 0.3) is 0 Å². The van der Waals surface area contributed by atoms with Crippen LogP contribution in [-0.4, -0.2) is 63.1 Å². The normalized spacial score (nSPS) is 15.1. The van der Waals surface area contributed by atoms with Gasteiger partial charge in [-0.2, -0.15) is 0 Å². The number of rotatable bonds is 12. The molecule has 0 saturated carbocycles. The fourth-order valence-electron chi connectivity index (χ4n) is 5.41. The molecule has 0 aliphatic carbocycles. The van der Waals surface area contributed by atoms with E-state index in [-0.39, 0.29) is 11.8 Å². The van der Waals surface area contributed by atoms with E-state index in [2.05, 4.69) is 20.7 Å². The number of carbonyl (C=O) groups is 2. The number of fused-ring (bicyclic) bond motifs is 1. The minimum atomic E-state index is -3.41. The van der Waals surface area contributed by atoms with E-state index in [1.165, 1.54) is 0 Å². The van der Waals surface area contributed by atoms with Crippen LogP contribution in [0.4, 0.5) is 17.1 Å². The van der Waals surface area contributed by atoms with E-state index in [0.29, 0.717) is 18.8 Å². The smallest absolute Gasteiger partial charge is 0.242 e. The van der Waals surface area contributed by atoms with Crippen LogP contribution < -0.4 is 14.5 Å². The molecule has 42 heavy (non-hydrogen) atoms. The summed E-state index contributed by atoms with van der Waals surface area (Å²) >= 11 is 0. The molecule has 1 aromatic heterocycles. The van der Waals surface area contributed by atoms with Crippen molar-refractivity contribution in [2.75, 3.05) is 47.5 Å². The van der Waals surface area contributed by atoms with Crippen molar-refractivity contribution in [2.45, 2.75) is 46.6 Å². The Morgan fingerprint density at radius 2 is 1.69 bits per heavy atom. The number of para-hydroxylation sites is 1. The average Bonchev–Trinajstić information content (AvgIpc) is 3.00. The summed E-state index contributed by atoms with van der Waals surface area (Å²) in [5.74, 6) is -0.409. The molecular formula is C32H41N5O4S. The third-order valence-corrected chi connectivity index (χ3v) is 8.30. The molecular weight excluding hydrogens is 550 g/mol. The lowest BCUT2D eigenvalue weighted by molar-refractivity contribution is -0.137. The molecule has 4 rings (SSSR count). The Balaban J connectivity index is 1.52. The Hall–Kier alpha value is -3.76. The van der Waals surface area contributed by atoms with Crippen LogP contribution in [-0.2, 0) is 39.0 Å². The Labute approximate surface area is 249 Å². The summed E-state index contributed by atoms with van der Waals surface area (Å²) in [5.41, 5.74) is 4.08. The second kappa shape index (κ2) is 13.0. The van der Waals surface area contributed by atoms with Crippen molar-refractivity contribution in [2.24, 2.45) is 5.41 Å². The number of amides is 2. The molecule has 1 aliphatic heterocycles. The van der Waals surface area contributed by atoms with Crippen LogP contribution in [0.3, 0.4) is 0 Å². The number of hydrogen-bond donors (Lipinski definition) is 1. The topological polar surface area (TPSA) is 103 Å². The number of aryl methyl sites for hydroxylation is 1. The van der Waals surface area contributed by atoms with Crippen LogP contribution in [0.2, 0.25) is 0 Å². The van der Waals surface area contributed by atoms with E-state index in [1.54, 1.807) is 43.0 Å². The van der Waals surface area contributed by atoms with Gasteiger partial charge in [0.2, 0.25) is 21.8 Å². The molecule has 2 amide bonds. The van der Waals surface area contributed by atoms with E-state index >= 15 is 0 Å². The van der Waals surface area contributed by atoms with Gasteiger partial charge >= 0.3 is 0 Å². The zero-order valence-corrected chi connectivity index (χ0v) is 25.9. The summed E-state index contributed by atoms with van der Waals surface area (Å²) in [7, 11) is -1.67. The maximum absolute atomic E-state index is 13.2. The average molecular weight is 592 g/mol. The van der Waals surface area contributed by atoms with Crippen LogP contribution in [0, 0.1) is 5.41 Å². The largest absolute Gasteiger partial charge is 0.313 e. The molecule has 0 bridgehead atoms. The minimum Gasteiger partial charge on any atom is -0.313 e. The molecule has 224 valence electrons. The number of hydrogen-bond acceptors (Lipinski definition) is 6. The number of carbonyl (C=O) groups excluding carboxylic acids is 2. The standard InChI is InChI=1S/C32H41N5O4S/c1-6-37-28-16-15-24(21-29(28)35(4)30(38)32(2,3)31(37)39)12-10-19-36(20-17-25-11-9-18-33-22-25)23-26-13-7-8-14-27(26)34-42(5,40)41/h7-9,11,13-16,18,21-22,34H,6,10,12,17,19-20,23H2,1-5H3. The summed E-state index contributed by atoms with van der Waals surface area (Å²) in [4.78, 5) is 36.3. The molecule has 0 unspecified atom stereocenters. The quantitative estimate of drug-likeness (QED) is 0.312. The SMILES string of the molecule is CCN1C(=O)C(C)(C)C(=O)N(C)c2cc(CCCN(CCc3cccnc3)Cc3ccccc3NS(C)(=O)=O)ccc21. The van der Waals surface area contributed by atoms with Crippen LogP contribution >= 0.6 is 0 Å². The van der Waals surface area contributed by atoms with Gasteiger partial charge < -0.3 is 9.80 Å². The third kappa shape index (κ3) is 7.35. The van der Waals surface area contributed by atoms with Gasteiger partial charge in [-0.1, -0.05) is 30.3 Å². The van der Waals surface area contributed by atoms with E-state index in [0.717, 1.165) is 66.7 Å². The van der Waals surface area contributed by atoms with Crippen LogP contribution in [0.5, 0.6) is 0 Å². The van der Waals surface area contributed by atoms with E-state index in [1.807, 2.05) is 55.6 Å². The highest BCUT2D eigenvalue weighted by molar-refractivity contribution is 7.92. The zero-order chi connectivity index (χ0) is 30.5. The Bertz CT molecular complexity index is 1520. The van der Waals surface area contributed by atoms with Crippen molar-refractivity contribution in [1.29, 1.82) is 0 Å². The number of anilines is 3. The predicted octanol–water partition coefficient (Wildman–Crippen LogP) is 4.49. The highest BCUT2D eigenvalue weighted by atomic mass is 32.2. The highest BCUT2D eigenvalue weighted by Crippen LogP contribution is 2.39. The number of pyridine rings is 1. The molecule has 9 nitrogen and oxygen atoms in total. The van der Waals surface area contributed by atoms with E-state index in [4.69, 9.17) is 0 Å². The molecule has 0 spiro atoms. The number of benzene rings is 2. The van der Waals surface area contributed by atoms with Gasteiger partial charge in [-0.25, -0.2) is 8.42 Å². The van der Waals surface area contributed by atoms with Crippen molar-refractivity contribution in [1.82, 2.24) is 9.88 Å². The number of aromatic nitrogens is 1. The second-order valence-electron chi connectivity index (χ2n) is 11.4. The fraction of sp³-hybridized carbons (Fsp3) is 0.406. The third-order valence-electron chi connectivity index (χ3n) is 7.71. The zero-order valence-electron chi connectivity index (χ0n) is 25.1. The summed E-state index contributed by atoms with van der Waals surface area (Å²) in [6.07, 6.45) is 7.25. The molecule has 0 fully saturated rings. The van der Waals surface area contributed by atoms with Gasteiger partial charge in [0.25, 0.3) is 0 Å². The minimum absolute atomic E-state index is 0.191. The van der Waals surface area contributed by atoms with Crippen LogP contribution in [0.15, 0.2) is 67.0 Å². The Morgan fingerprint density at radius 1 is 0.929 bits per heavy atom. The first-order valence-electron chi connectivity index (χ1n) is 14.3. The fourth-order valence-corrected chi connectivity index (χ4v) is 6.01. The summed E-state index contributed by atoms with van der Waals surface area (Å²) in [6, 6.07) is 17.5. The van der Waals surface area contributed by atoms with Gasteiger partial charge in [0.15, 0.2) is 0 Å². The van der Waals surface area contributed by atoms with Gasteiger partial charge in [0.1, 0.15) is 5.41 Å². The molecule has 0 radical (unpaired) electrons.